The van der Waals surface area contributed by atoms with Crippen molar-refractivity contribution in [2.45, 2.75) is 23.9 Å². The minimum absolute atomic E-state index is 0.000398. The summed E-state index contributed by atoms with van der Waals surface area (Å²) in [5.74, 6) is -2.29. The van der Waals surface area contributed by atoms with E-state index >= 15 is 0 Å². The summed E-state index contributed by atoms with van der Waals surface area (Å²) in [5.41, 5.74) is 1.68. The molecule has 1 atom stereocenters. The minimum atomic E-state index is -4.05. The van der Waals surface area contributed by atoms with Crippen molar-refractivity contribution in [3.63, 3.8) is 0 Å². The Labute approximate surface area is 184 Å². The van der Waals surface area contributed by atoms with Gasteiger partial charge in [-0.2, -0.15) is 4.31 Å². The zero-order valence-corrected chi connectivity index (χ0v) is 17.9. The highest BCUT2D eigenvalue weighted by atomic mass is 32.2. The summed E-state index contributed by atoms with van der Waals surface area (Å²) in [6, 6.07) is 15.1. The lowest BCUT2D eigenvalue weighted by Crippen LogP contribution is -2.50. The first-order chi connectivity index (χ1) is 15.3. The molecule has 166 valence electrons. The third-order valence-electron chi connectivity index (χ3n) is 5.36. The number of benzene rings is 3. The van der Waals surface area contributed by atoms with E-state index in [0.29, 0.717) is 5.75 Å². The third kappa shape index (κ3) is 4.21. The van der Waals surface area contributed by atoms with Gasteiger partial charge < -0.3 is 10.1 Å². The van der Waals surface area contributed by atoms with Gasteiger partial charge in [-0.25, -0.2) is 17.2 Å². The highest BCUT2D eigenvalue weighted by Gasteiger charge is 2.39. The Bertz CT molecular complexity index is 1260. The molecule has 1 heterocycles. The lowest BCUT2D eigenvalue weighted by atomic mass is 9.95. The second-order valence-corrected chi connectivity index (χ2v) is 9.22. The van der Waals surface area contributed by atoms with E-state index < -0.39 is 33.6 Å². The molecule has 1 N–H and O–H groups in total. The first kappa shape index (κ1) is 21.9. The number of carbonyl (C=O) groups is 1. The van der Waals surface area contributed by atoms with E-state index in [4.69, 9.17) is 4.74 Å². The van der Waals surface area contributed by atoms with Crippen LogP contribution in [0.3, 0.4) is 0 Å². The summed E-state index contributed by atoms with van der Waals surface area (Å²) in [6.45, 7) is 0.000398. The number of amides is 1. The molecule has 0 bridgehead atoms. The molecule has 0 saturated heterocycles. The van der Waals surface area contributed by atoms with Gasteiger partial charge in [0, 0.05) is 18.3 Å². The quantitative estimate of drug-likeness (QED) is 0.632. The van der Waals surface area contributed by atoms with E-state index in [9.17, 15) is 22.0 Å². The lowest BCUT2D eigenvalue weighted by molar-refractivity contribution is -0.120. The van der Waals surface area contributed by atoms with Gasteiger partial charge >= 0.3 is 0 Å². The van der Waals surface area contributed by atoms with E-state index in [1.807, 2.05) is 18.2 Å². The average molecular weight is 458 g/mol. The van der Waals surface area contributed by atoms with Crippen LogP contribution < -0.4 is 10.1 Å². The van der Waals surface area contributed by atoms with Crippen molar-refractivity contribution in [2.24, 2.45) is 0 Å². The summed E-state index contributed by atoms with van der Waals surface area (Å²) in [6.07, 6.45) is 0.140. The monoisotopic (exact) mass is 458 g/mol. The molecule has 0 saturated carbocycles. The van der Waals surface area contributed by atoms with E-state index in [2.05, 4.69) is 5.32 Å². The van der Waals surface area contributed by atoms with Crippen LogP contribution in [0.2, 0.25) is 0 Å². The largest absolute Gasteiger partial charge is 0.497 e. The Hall–Kier alpha value is -3.30. The molecular weight excluding hydrogens is 438 g/mol. The number of fused-ring (bicyclic) bond motifs is 1. The van der Waals surface area contributed by atoms with Crippen molar-refractivity contribution in [1.82, 2.24) is 4.31 Å². The number of ether oxygens (including phenoxy) is 1. The number of nitrogens with one attached hydrogen (secondary N) is 1. The predicted molar refractivity (Wildman–Crippen MR) is 115 cm³/mol. The number of halogens is 2. The number of anilines is 1. The van der Waals surface area contributed by atoms with Crippen LogP contribution >= 0.6 is 0 Å². The third-order valence-corrected chi connectivity index (χ3v) is 7.23. The topological polar surface area (TPSA) is 75.7 Å². The second kappa shape index (κ2) is 8.68. The molecule has 1 aliphatic rings. The van der Waals surface area contributed by atoms with Gasteiger partial charge in [-0.05, 0) is 53.9 Å². The van der Waals surface area contributed by atoms with Gasteiger partial charge in [0.1, 0.15) is 11.8 Å². The van der Waals surface area contributed by atoms with Crippen LogP contribution in [0.15, 0.2) is 71.6 Å². The summed E-state index contributed by atoms with van der Waals surface area (Å²) in [4.78, 5) is 13.1. The van der Waals surface area contributed by atoms with Crippen molar-refractivity contribution < 1.29 is 26.7 Å². The fraction of sp³-hybridized carbons (Fsp3) is 0.174. The van der Waals surface area contributed by atoms with Gasteiger partial charge in [0.15, 0.2) is 11.6 Å². The molecule has 0 fully saturated rings. The summed E-state index contributed by atoms with van der Waals surface area (Å²) in [5, 5.41) is 2.51. The van der Waals surface area contributed by atoms with Crippen LogP contribution in [0, 0.1) is 11.6 Å². The highest BCUT2D eigenvalue weighted by Crippen LogP contribution is 2.30. The first-order valence-electron chi connectivity index (χ1n) is 9.78. The van der Waals surface area contributed by atoms with Crippen LogP contribution in [0.4, 0.5) is 14.5 Å². The fourth-order valence-electron chi connectivity index (χ4n) is 3.66. The van der Waals surface area contributed by atoms with Crippen molar-refractivity contribution in [1.29, 1.82) is 0 Å². The number of carbonyl (C=O) groups excluding carboxylic acids is 1. The lowest BCUT2D eigenvalue weighted by Gasteiger charge is -2.35. The molecule has 0 aliphatic carbocycles. The van der Waals surface area contributed by atoms with Gasteiger partial charge in [-0.1, -0.05) is 24.3 Å². The Morgan fingerprint density at radius 1 is 1.00 bits per heavy atom. The van der Waals surface area contributed by atoms with Gasteiger partial charge in [0.25, 0.3) is 0 Å². The molecule has 3 aromatic carbocycles. The van der Waals surface area contributed by atoms with Gasteiger partial charge in [0.05, 0.1) is 12.0 Å². The maximum Gasteiger partial charge on any atom is 0.244 e. The number of rotatable bonds is 5. The van der Waals surface area contributed by atoms with Crippen LogP contribution in [-0.2, 0) is 27.8 Å². The van der Waals surface area contributed by atoms with Crippen molar-refractivity contribution in [3.8, 4) is 5.75 Å². The van der Waals surface area contributed by atoms with E-state index in [-0.39, 0.29) is 23.5 Å². The summed E-state index contributed by atoms with van der Waals surface area (Å²) in [7, 11) is -2.57. The van der Waals surface area contributed by atoms with Crippen molar-refractivity contribution in [3.05, 3.63) is 89.5 Å². The normalized spacial score (nSPS) is 16.3. The molecule has 6 nitrogen and oxygen atoms in total. The molecule has 0 aromatic heterocycles. The number of nitrogens with zero attached hydrogens (tertiary/aromatic N) is 1. The zero-order chi connectivity index (χ0) is 22.9. The van der Waals surface area contributed by atoms with Crippen molar-refractivity contribution in [2.75, 3.05) is 12.4 Å². The maximum absolute atomic E-state index is 13.6. The Kier molecular flexibility index (Phi) is 5.94. The fourth-order valence-corrected chi connectivity index (χ4v) is 5.22. The number of methoxy groups -OCH3 is 1. The summed E-state index contributed by atoms with van der Waals surface area (Å²) >= 11 is 0. The van der Waals surface area contributed by atoms with Gasteiger partial charge in [-0.15, -0.1) is 0 Å². The molecule has 1 amide bonds. The highest BCUT2D eigenvalue weighted by molar-refractivity contribution is 7.89. The predicted octanol–water partition coefficient (Wildman–Crippen LogP) is 3.73. The SMILES string of the molecule is COc1ccc(S(=O)(=O)N2Cc3ccccc3C[C@H]2C(=O)Nc2ccc(F)c(F)c2)cc1. The van der Waals surface area contributed by atoms with Gasteiger partial charge in [-0.3, -0.25) is 4.79 Å². The molecular formula is C23H20F2N2O4S. The standard InChI is InChI=1S/C23H20F2N2O4S/c1-31-18-7-9-19(10-8-18)32(29,30)27-14-16-5-3-2-4-15(16)12-22(27)23(28)26-17-6-11-20(24)21(25)13-17/h2-11,13,22H,12,14H2,1H3,(H,26,28)/t22-/m0/s1. The molecule has 0 spiro atoms. The van der Waals surface area contributed by atoms with Gasteiger partial charge in [0.2, 0.25) is 15.9 Å². The first-order valence-corrected chi connectivity index (χ1v) is 11.2. The molecule has 0 radical (unpaired) electrons. The Balaban J connectivity index is 1.70. The number of sulfonamides is 1. The zero-order valence-electron chi connectivity index (χ0n) is 17.1. The van der Waals surface area contributed by atoms with Crippen molar-refractivity contribution >= 4 is 21.6 Å². The van der Waals surface area contributed by atoms with E-state index in [1.165, 1.54) is 37.4 Å². The maximum atomic E-state index is 13.6. The van der Waals surface area contributed by atoms with Crippen LogP contribution in [0.5, 0.6) is 5.75 Å². The molecule has 32 heavy (non-hydrogen) atoms. The number of hydrogen-bond donors (Lipinski definition) is 1. The van der Waals surface area contributed by atoms with Crippen LogP contribution in [0.1, 0.15) is 11.1 Å². The number of hydrogen-bond acceptors (Lipinski definition) is 4. The molecule has 9 heteroatoms. The second-order valence-electron chi connectivity index (χ2n) is 7.33. The Morgan fingerprint density at radius 3 is 2.34 bits per heavy atom. The molecule has 1 aliphatic heterocycles. The Morgan fingerprint density at radius 2 is 1.69 bits per heavy atom. The minimum Gasteiger partial charge on any atom is -0.497 e. The molecule has 4 rings (SSSR count). The molecule has 0 unspecified atom stereocenters. The van der Waals surface area contributed by atoms with Crippen LogP contribution in [0.25, 0.3) is 0 Å². The van der Waals surface area contributed by atoms with E-state index in [0.717, 1.165) is 27.6 Å². The average Bonchev–Trinajstić information content (AvgIpc) is 2.80. The van der Waals surface area contributed by atoms with E-state index in [1.54, 1.807) is 6.07 Å². The molecule has 3 aromatic rings. The summed E-state index contributed by atoms with van der Waals surface area (Å²) < 4.78 is 59.9. The smallest absolute Gasteiger partial charge is 0.244 e. The van der Waals surface area contributed by atoms with Crippen LogP contribution in [-0.4, -0.2) is 31.8 Å².